The monoisotopic (exact) mass is 268 g/mol. The molecule has 0 aliphatic carbocycles. The highest BCUT2D eigenvalue weighted by Crippen LogP contribution is 2.24. The van der Waals surface area contributed by atoms with Gasteiger partial charge in [-0.15, -0.1) is 0 Å². The first-order valence-electron chi connectivity index (χ1n) is 6.60. The Morgan fingerprint density at radius 1 is 1.15 bits per heavy atom. The summed E-state index contributed by atoms with van der Waals surface area (Å²) in [6.45, 7) is 0.885. The van der Waals surface area contributed by atoms with Gasteiger partial charge in [-0.3, -0.25) is 4.98 Å². The van der Waals surface area contributed by atoms with E-state index in [1.165, 1.54) is 11.1 Å². The quantitative estimate of drug-likeness (QED) is 0.833. The van der Waals surface area contributed by atoms with Crippen LogP contribution in [-0.4, -0.2) is 37.6 Å². The fourth-order valence-corrected chi connectivity index (χ4v) is 1.97. The lowest BCUT2D eigenvalue weighted by Gasteiger charge is -2.11. The van der Waals surface area contributed by atoms with Gasteiger partial charge in [-0.2, -0.15) is 0 Å². The van der Waals surface area contributed by atoms with Crippen LogP contribution in [0.1, 0.15) is 11.1 Å². The second-order valence-corrected chi connectivity index (χ2v) is 4.85. The van der Waals surface area contributed by atoms with Gasteiger partial charge in [-0.1, -0.05) is 24.3 Å². The number of nitrogens with zero attached hydrogens (tertiary/aromatic N) is 2. The number of aromatic nitrogens is 1. The van der Waals surface area contributed by atoms with E-state index in [2.05, 4.69) is 48.3 Å². The van der Waals surface area contributed by atoms with Crippen LogP contribution in [0.15, 0.2) is 54.9 Å². The van der Waals surface area contributed by atoms with Gasteiger partial charge in [0.2, 0.25) is 0 Å². The average molecular weight is 268 g/mol. The van der Waals surface area contributed by atoms with Gasteiger partial charge in [0.05, 0.1) is 7.11 Å². The van der Waals surface area contributed by atoms with Gasteiger partial charge in [0.15, 0.2) is 0 Å². The van der Waals surface area contributed by atoms with Gasteiger partial charge < -0.3 is 9.64 Å². The molecule has 0 atom stereocenters. The van der Waals surface area contributed by atoms with Crippen molar-refractivity contribution >= 4 is 5.57 Å². The van der Waals surface area contributed by atoms with Crippen molar-refractivity contribution in [3.05, 3.63) is 66.0 Å². The molecule has 2 rings (SSSR count). The Balaban J connectivity index is 2.38. The first kappa shape index (κ1) is 14.3. The molecule has 0 amide bonds. The lowest BCUT2D eigenvalue weighted by molar-refractivity contribution is 0.415. The van der Waals surface area contributed by atoms with E-state index in [0.29, 0.717) is 0 Å². The highest BCUT2D eigenvalue weighted by Gasteiger charge is 2.05. The number of hydrogen-bond acceptors (Lipinski definition) is 3. The molecule has 1 aromatic carbocycles. The van der Waals surface area contributed by atoms with E-state index in [1.54, 1.807) is 13.3 Å². The van der Waals surface area contributed by atoms with E-state index < -0.39 is 0 Å². The Kier molecular flexibility index (Phi) is 4.91. The van der Waals surface area contributed by atoms with Crippen LogP contribution in [0.3, 0.4) is 0 Å². The van der Waals surface area contributed by atoms with Gasteiger partial charge in [-0.25, -0.2) is 0 Å². The summed E-state index contributed by atoms with van der Waals surface area (Å²) < 4.78 is 5.21. The lowest BCUT2D eigenvalue weighted by Crippen LogP contribution is -2.11. The van der Waals surface area contributed by atoms with Gasteiger partial charge in [0, 0.05) is 24.5 Å². The Labute approximate surface area is 120 Å². The molecule has 3 nitrogen and oxygen atoms in total. The first-order chi connectivity index (χ1) is 9.70. The first-order valence-corrected chi connectivity index (χ1v) is 6.60. The second-order valence-electron chi connectivity index (χ2n) is 4.85. The van der Waals surface area contributed by atoms with E-state index in [1.807, 2.05) is 24.4 Å². The molecule has 0 saturated heterocycles. The fourth-order valence-electron chi connectivity index (χ4n) is 1.97. The smallest absolute Gasteiger partial charge is 0.118 e. The van der Waals surface area contributed by atoms with Gasteiger partial charge >= 0.3 is 0 Å². The molecule has 0 saturated carbocycles. The number of rotatable bonds is 5. The van der Waals surface area contributed by atoms with E-state index in [4.69, 9.17) is 4.74 Å². The number of methoxy groups -OCH3 is 1. The minimum Gasteiger partial charge on any atom is -0.497 e. The van der Waals surface area contributed by atoms with Crippen molar-refractivity contribution in [2.45, 2.75) is 0 Å². The minimum absolute atomic E-state index is 0.867. The predicted octanol–water partition coefficient (Wildman–Crippen LogP) is 3.08. The normalized spacial score (nSPS) is 11.7. The molecular weight excluding hydrogens is 248 g/mol. The molecule has 0 aliphatic heterocycles. The molecular formula is C17H20N2O. The van der Waals surface area contributed by atoms with Crippen LogP contribution in [-0.2, 0) is 0 Å². The van der Waals surface area contributed by atoms with E-state index in [0.717, 1.165) is 17.9 Å². The molecule has 3 heteroatoms. The van der Waals surface area contributed by atoms with Crippen molar-refractivity contribution < 1.29 is 4.74 Å². The van der Waals surface area contributed by atoms with Crippen LogP contribution >= 0.6 is 0 Å². The topological polar surface area (TPSA) is 25.4 Å². The molecule has 104 valence electrons. The summed E-state index contributed by atoms with van der Waals surface area (Å²) in [4.78, 5) is 6.35. The summed E-state index contributed by atoms with van der Waals surface area (Å²) in [6.07, 6.45) is 5.91. The molecule has 2 aromatic rings. The number of benzene rings is 1. The van der Waals surface area contributed by atoms with Crippen LogP contribution in [0.5, 0.6) is 5.75 Å². The van der Waals surface area contributed by atoms with Crippen molar-refractivity contribution in [2.24, 2.45) is 0 Å². The van der Waals surface area contributed by atoms with Gasteiger partial charge in [0.1, 0.15) is 5.75 Å². The maximum atomic E-state index is 5.21. The standard InChI is InChI=1S/C17H20N2O/c1-19(2)12-10-17(15-5-4-11-18-13-15)14-6-8-16(20-3)9-7-14/h4-11,13H,12H2,1-3H3/b17-10-. The fraction of sp³-hybridized carbons (Fsp3) is 0.235. The molecule has 1 aromatic heterocycles. The van der Waals surface area contributed by atoms with Crippen molar-refractivity contribution in [1.82, 2.24) is 9.88 Å². The predicted molar refractivity (Wildman–Crippen MR) is 82.9 cm³/mol. The summed E-state index contributed by atoms with van der Waals surface area (Å²) >= 11 is 0. The number of pyridine rings is 1. The molecule has 0 aliphatic rings. The highest BCUT2D eigenvalue weighted by molar-refractivity contribution is 5.79. The zero-order chi connectivity index (χ0) is 14.4. The van der Waals surface area contributed by atoms with Crippen molar-refractivity contribution in [2.75, 3.05) is 27.7 Å². The van der Waals surface area contributed by atoms with Crippen LogP contribution < -0.4 is 4.74 Å². The van der Waals surface area contributed by atoms with E-state index >= 15 is 0 Å². The summed E-state index contributed by atoms with van der Waals surface area (Å²) in [5.41, 5.74) is 3.48. The molecule has 1 heterocycles. The van der Waals surface area contributed by atoms with Crippen LogP contribution in [0.2, 0.25) is 0 Å². The maximum Gasteiger partial charge on any atom is 0.118 e. The van der Waals surface area contributed by atoms with Gasteiger partial charge in [0.25, 0.3) is 0 Å². The highest BCUT2D eigenvalue weighted by atomic mass is 16.5. The Bertz CT molecular complexity index is 559. The van der Waals surface area contributed by atoms with Crippen molar-refractivity contribution in [1.29, 1.82) is 0 Å². The second kappa shape index (κ2) is 6.87. The molecule has 0 unspecified atom stereocenters. The molecule has 0 radical (unpaired) electrons. The minimum atomic E-state index is 0.867. The largest absolute Gasteiger partial charge is 0.497 e. The third kappa shape index (κ3) is 3.68. The van der Waals surface area contributed by atoms with Crippen molar-refractivity contribution in [3.8, 4) is 5.75 Å². The Morgan fingerprint density at radius 2 is 1.90 bits per heavy atom. The lowest BCUT2D eigenvalue weighted by atomic mass is 9.99. The van der Waals surface area contributed by atoms with Gasteiger partial charge in [-0.05, 0) is 43.4 Å². The van der Waals surface area contributed by atoms with Crippen molar-refractivity contribution in [3.63, 3.8) is 0 Å². The Hall–Kier alpha value is -2.13. The number of ether oxygens (including phenoxy) is 1. The Morgan fingerprint density at radius 3 is 2.45 bits per heavy atom. The van der Waals surface area contributed by atoms with E-state index in [-0.39, 0.29) is 0 Å². The molecule has 0 bridgehead atoms. The number of likely N-dealkylation sites (N-methyl/N-ethyl adjacent to an activating group) is 1. The molecule has 0 spiro atoms. The van der Waals surface area contributed by atoms with E-state index in [9.17, 15) is 0 Å². The SMILES string of the molecule is COc1ccc(/C(=C/CN(C)C)c2cccnc2)cc1. The summed E-state index contributed by atoms with van der Waals surface area (Å²) in [7, 11) is 5.80. The third-order valence-corrected chi connectivity index (χ3v) is 3.03. The van der Waals surface area contributed by atoms with Crippen LogP contribution in [0, 0.1) is 0 Å². The third-order valence-electron chi connectivity index (χ3n) is 3.03. The maximum absolute atomic E-state index is 5.21. The zero-order valence-corrected chi connectivity index (χ0v) is 12.2. The van der Waals surface area contributed by atoms with Crippen LogP contribution in [0.25, 0.3) is 5.57 Å². The summed E-state index contributed by atoms with van der Waals surface area (Å²) in [6, 6.07) is 12.2. The average Bonchev–Trinajstić information content (AvgIpc) is 2.49. The molecule has 20 heavy (non-hydrogen) atoms. The summed E-state index contributed by atoms with van der Waals surface area (Å²) in [5.74, 6) is 0.867. The molecule has 0 fully saturated rings. The number of hydrogen-bond donors (Lipinski definition) is 0. The summed E-state index contributed by atoms with van der Waals surface area (Å²) in [5, 5.41) is 0. The molecule has 0 N–H and O–H groups in total. The van der Waals surface area contributed by atoms with Crippen LogP contribution in [0.4, 0.5) is 0 Å². The zero-order valence-electron chi connectivity index (χ0n) is 12.2.